The summed E-state index contributed by atoms with van der Waals surface area (Å²) in [6, 6.07) is 0.687. The second-order valence-corrected chi connectivity index (χ2v) is 5.84. The van der Waals surface area contributed by atoms with Gasteiger partial charge in [0.05, 0.1) is 12.7 Å². The van der Waals surface area contributed by atoms with Crippen molar-refractivity contribution in [1.82, 2.24) is 9.80 Å². The van der Waals surface area contributed by atoms with Crippen molar-refractivity contribution in [3.05, 3.63) is 0 Å². The Hall–Kier alpha value is -0.160. The molecule has 2 aliphatic rings. The van der Waals surface area contributed by atoms with Crippen molar-refractivity contribution in [3.8, 4) is 0 Å². The van der Waals surface area contributed by atoms with Gasteiger partial charge in [0.1, 0.15) is 0 Å². The lowest BCUT2D eigenvalue weighted by atomic mass is 10.1. The van der Waals surface area contributed by atoms with Gasteiger partial charge in [-0.15, -0.1) is 0 Å². The highest BCUT2D eigenvalue weighted by atomic mass is 16.5. The van der Waals surface area contributed by atoms with Gasteiger partial charge in [-0.1, -0.05) is 6.92 Å². The van der Waals surface area contributed by atoms with E-state index in [2.05, 4.69) is 16.7 Å². The van der Waals surface area contributed by atoms with E-state index in [1.165, 1.54) is 45.3 Å². The molecule has 0 radical (unpaired) electrons. The number of methoxy groups -OCH3 is 1. The van der Waals surface area contributed by atoms with Gasteiger partial charge in [0.2, 0.25) is 0 Å². The average Bonchev–Trinajstić information content (AvgIpc) is 2.47. The van der Waals surface area contributed by atoms with Gasteiger partial charge in [-0.3, -0.25) is 9.80 Å². The molecule has 0 aromatic carbocycles. The second kappa shape index (κ2) is 8.20. The molecular formula is C15H30N2O2. The molecule has 0 saturated carbocycles. The zero-order chi connectivity index (χ0) is 13.5. The van der Waals surface area contributed by atoms with Crippen molar-refractivity contribution < 1.29 is 9.47 Å². The van der Waals surface area contributed by atoms with Gasteiger partial charge >= 0.3 is 0 Å². The van der Waals surface area contributed by atoms with E-state index in [1.807, 2.05) is 0 Å². The SMILES string of the molecule is CC[C@@H]1CN(C[C@H]2CCCCO2)CCN1CCOC. The van der Waals surface area contributed by atoms with Crippen LogP contribution in [0.5, 0.6) is 0 Å². The van der Waals surface area contributed by atoms with Crippen LogP contribution >= 0.6 is 0 Å². The molecular weight excluding hydrogens is 240 g/mol. The molecule has 2 heterocycles. The third-order valence-electron chi connectivity index (χ3n) is 4.48. The van der Waals surface area contributed by atoms with E-state index < -0.39 is 0 Å². The largest absolute Gasteiger partial charge is 0.383 e. The van der Waals surface area contributed by atoms with Crippen molar-refractivity contribution in [2.45, 2.75) is 44.8 Å². The summed E-state index contributed by atoms with van der Waals surface area (Å²) in [7, 11) is 1.79. The van der Waals surface area contributed by atoms with Crippen molar-refractivity contribution >= 4 is 0 Å². The fourth-order valence-electron chi connectivity index (χ4n) is 3.25. The van der Waals surface area contributed by atoms with Crippen LogP contribution in [0.4, 0.5) is 0 Å². The van der Waals surface area contributed by atoms with Gasteiger partial charge in [0.15, 0.2) is 0 Å². The standard InChI is InChI=1S/C15H30N2O2/c1-3-14-12-16(7-8-17(14)9-11-18-2)13-15-6-4-5-10-19-15/h14-15H,3-13H2,1-2H3/t14-,15-/m1/s1. The van der Waals surface area contributed by atoms with E-state index in [4.69, 9.17) is 9.47 Å². The summed E-state index contributed by atoms with van der Waals surface area (Å²) in [6.45, 7) is 9.87. The van der Waals surface area contributed by atoms with Gasteiger partial charge in [0.25, 0.3) is 0 Å². The fourth-order valence-corrected chi connectivity index (χ4v) is 3.25. The summed E-state index contributed by atoms with van der Waals surface area (Å²) >= 11 is 0. The molecule has 0 N–H and O–H groups in total. The summed E-state index contributed by atoms with van der Waals surface area (Å²) in [6.07, 6.45) is 5.55. The van der Waals surface area contributed by atoms with Gasteiger partial charge in [-0.2, -0.15) is 0 Å². The van der Waals surface area contributed by atoms with Gasteiger partial charge in [-0.05, 0) is 25.7 Å². The monoisotopic (exact) mass is 270 g/mol. The number of nitrogens with zero attached hydrogens (tertiary/aromatic N) is 2. The molecule has 2 rings (SSSR count). The lowest BCUT2D eigenvalue weighted by Crippen LogP contribution is -2.55. The Morgan fingerprint density at radius 1 is 1.26 bits per heavy atom. The van der Waals surface area contributed by atoms with Crippen LogP contribution in [0.25, 0.3) is 0 Å². The van der Waals surface area contributed by atoms with E-state index in [9.17, 15) is 0 Å². The normalized spacial score (nSPS) is 30.6. The van der Waals surface area contributed by atoms with Gasteiger partial charge in [-0.25, -0.2) is 0 Å². The first-order valence-electron chi connectivity index (χ1n) is 7.90. The molecule has 0 aromatic heterocycles. The molecule has 112 valence electrons. The Labute approximate surface area is 118 Å². The summed E-state index contributed by atoms with van der Waals surface area (Å²) in [5, 5.41) is 0. The Balaban J connectivity index is 1.75. The molecule has 2 saturated heterocycles. The lowest BCUT2D eigenvalue weighted by molar-refractivity contribution is -0.0252. The molecule has 0 bridgehead atoms. The third-order valence-corrected chi connectivity index (χ3v) is 4.48. The molecule has 0 aromatic rings. The number of piperazine rings is 1. The molecule has 0 spiro atoms. The van der Waals surface area contributed by atoms with Gasteiger partial charge < -0.3 is 9.47 Å². The van der Waals surface area contributed by atoms with Crippen LogP contribution in [-0.2, 0) is 9.47 Å². The molecule has 2 aliphatic heterocycles. The van der Waals surface area contributed by atoms with Crippen LogP contribution in [0.1, 0.15) is 32.6 Å². The highest BCUT2D eigenvalue weighted by molar-refractivity contribution is 4.83. The molecule has 4 nitrogen and oxygen atoms in total. The number of hydrogen-bond donors (Lipinski definition) is 0. The first kappa shape index (κ1) is 15.2. The quantitative estimate of drug-likeness (QED) is 0.732. The first-order chi connectivity index (χ1) is 9.33. The van der Waals surface area contributed by atoms with E-state index in [-0.39, 0.29) is 0 Å². The van der Waals surface area contributed by atoms with Crippen molar-refractivity contribution in [3.63, 3.8) is 0 Å². The predicted octanol–water partition coefficient (Wildman–Crippen LogP) is 1.60. The number of ether oxygens (including phenoxy) is 2. The lowest BCUT2D eigenvalue weighted by Gasteiger charge is -2.42. The van der Waals surface area contributed by atoms with Crippen LogP contribution in [0.15, 0.2) is 0 Å². The molecule has 2 fully saturated rings. The zero-order valence-electron chi connectivity index (χ0n) is 12.6. The highest BCUT2D eigenvalue weighted by Crippen LogP contribution is 2.17. The number of rotatable bonds is 6. The van der Waals surface area contributed by atoms with Crippen molar-refractivity contribution in [2.75, 3.05) is 53.0 Å². The maximum atomic E-state index is 5.87. The Morgan fingerprint density at radius 3 is 2.84 bits per heavy atom. The van der Waals surface area contributed by atoms with Crippen LogP contribution in [0.3, 0.4) is 0 Å². The minimum absolute atomic E-state index is 0.483. The molecule has 2 atom stereocenters. The molecule has 4 heteroatoms. The summed E-state index contributed by atoms with van der Waals surface area (Å²) in [5.74, 6) is 0. The van der Waals surface area contributed by atoms with Gasteiger partial charge in [0, 0.05) is 52.5 Å². The summed E-state index contributed by atoms with van der Waals surface area (Å²) < 4.78 is 11.1. The van der Waals surface area contributed by atoms with E-state index in [0.717, 1.165) is 26.3 Å². The minimum Gasteiger partial charge on any atom is -0.383 e. The Bertz CT molecular complexity index is 244. The smallest absolute Gasteiger partial charge is 0.0702 e. The third kappa shape index (κ3) is 4.71. The predicted molar refractivity (Wildman–Crippen MR) is 77.6 cm³/mol. The summed E-state index contributed by atoms with van der Waals surface area (Å²) in [4.78, 5) is 5.19. The van der Waals surface area contributed by atoms with E-state index >= 15 is 0 Å². The fraction of sp³-hybridized carbons (Fsp3) is 1.00. The second-order valence-electron chi connectivity index (χ2n) is 5.84. The topological polar surface area (TPSA) is 24.9 Å². The minimum atomic E-state index is 0.483. The summed E-state index contributed by atoms with van der Waals surface area (Å²) in [5.41, 5.74) is 0. The maximum absolute atomic E-state index is 5.87. The van der Waals surface area contributed by atoms with E-state index in [1.54, 1.807) is 7.11 Å². The molecule has 0 aliphatic carbocycles. The zero-order valence-corrected chi connectivity index (χ0v) is 12.6. The van der Waals surface area contributed by atoms with Crippen molar-refractivity contribution in [2.24, 2.45) is 0 Å². The molecule has 19 heavy (non-hydrogen) atoms. The highest BCUT2D eigenvalue weighted by Gasteiger charge is 2.27. The average molecular weight is 270 g/mol. The Kier molecular flexibility index (Phi) is 6.57. The van der Waals surface area contributed by atoms with Crippen molar-refractivity contribution in [1.29, 1.82) is 0 Å². The molecule has 0 amide bonds. The molecule has 0 unspecified atom stereocenters. The maximum Gasteiger partial charge on any atom is 0.0702 e. The van der Waals surface area contributed by atoms with Crippen LogP contribution in [-0.4, -0.2) is 75.0 Å². The van der Waals surface area contributed by atoms with E-state index in [0.29, 0.717) is 12.1 Å². The number of hydrogen-bond acceptors (Lipinski definition) is 4. The van der Waals surface area contributed by atoms with Crippen LogP contribution in [0, 0.1) is 0 Å². The van der Waals surface area contributed by atoms with Crippen LogP contribution in [0.2, 0.25) is 0 Å². The van der Waals surface area contributed by atoms with Crippen LogP contribution < -0.4 is 0 Å². The Morgan fingerprint density at radius 2 is 2.16 bits per heavy atom. The first-order valence-corrected chi connectivity index (χ1v) is 7.90.